The first kappa shape index (κ1) is 11.2. The van der Waals surface area contributed by atoms with Crippen molar-refractivity contribution in [2.75, 3.05) is 20.8 Å². The summed E-state index contributed by atoms with van der Waals surface area (Å²) in [5.74, 6) is 0.872. The lowest BCUT2D eigenvalue weighted by atomic mass is 10.3. The number of methoxy groups -OCH3 is 2. The predicted octanol–water partition coefficient (Wildman–Crippen LogP) is 0.568. The van der Waals surface area contributed by atoms with E-state index in [-0.39, 0.29) is 6.61 Å². The van der Waals surface area contributed by atoms with Crippen LogP contribution in [0.2, 0.25) is 0 Å². The van der Waals surface area contributed by atoms with Crippen molar-refractivity contribution in [2.24, 2.45) is 5.73 Å². The number of nitrogens with two attached hydrogens (primary N) is 1. The average Bonchev–Trinajstić information content (AvgIpc) is 2.25. The van der Waals surface area contributed by atoms with Gasteiger partial charge in [-0.15, -0.1) is 0 Å². The molecule has 1 amide bonds. The Morgan fingerprint density at radius 2 is 1.93 bits per heavy atom. The number of para-hydroxylation sites is 1. The van der Waals surface area contributed by atoms with Crippen LogP contribution in [0.25, 0.3) is 0 Å². The zero-order chi connectivity index (χ0) is 11.3. The van der Waals surface area contributed by atoms with E-state index >= 15 is 0 Å². The van der Waals surface area contributed by atoms with Crippen molar-refractivity contribution in [3.63, 3.8) is 0 Å². The van der Waals surface area contributed by atoms with Gasteiger partial charge in [0, 0.05) is 0 Å². The van der Waals surface area contributed by atoms with E-state index in [1.165, 1.54) is 14.2 Å². The number of carbonyl (C=O) groups excluding carboxylic acids is 1. The molecule has 2 N–H and O–H groups in total. The van der Waals surface area contributed by atoms with Gasteiger partial charge in [0.1, 0.15) is 0 Å². The number of hydrogen-bond acceptors (Lipinski definition) is 4. The van der Waals surface area contributed by atoms with Gasteiger partial charge >= 0.3 is 0 Å². The van der Waals surface area contributed by atoms with E-state index in [9.17, 15) is 4.79 Å². The highest BCUT2D eigenvalue weighted by Gasteiger charge is 2.10. The number of amides is 1. The smallest absolute Gasteiger partial charge is 0.255 e. The third-order valence-electron chi connectivity index (χ3n) is 1.74. The lowest BCUT2D eigenvalue weighted by molar-refractivity contribution is -0.119. The summed E-state index contributed by atoms with van der Waals surface area (Å²) >= 11 is 0. The topological polar surface area (TPSA) is 70.8 Å². The summed E-state index contributed by atoms with van der Waals surface area (Å²) in [5, 5.41) is 0. The van der Waals surface area contributed by atoms with Crippen molar-refractivity contribution >= 4 is 5.91 Å². The molecule has 0 aromatic heterocycles. The van der Waals surface area contributed by atoms with Gasteiger partial charge in [-0.2, -0.15) is 0 Å². The highest BCUT2D eigenvalue weighted by molar-refractivity contribution is 5.75. The van der Waals surface area contributed by atoms with Crippen LogP contribution in [0.5, 0.6) is 17.2 Å². The van der Waals surface area contributed by atoms with Gasteiger partial charge in [-0.25, -0.2) is 0 Å². The summed E-state index contributed by atoms with van der Waals surface area (Å²) in [6, 6.07) is 5.14. The Balaban J connectivity index is 2.90. The largest absolute Gasteiger partial charge is 0.493 e. The summed E-state index contributed by atoms with van der Waals surface area (Å²) < 4.78 is 15.3. The Morgan fingerprint density at radius 3 is 2.47 bits per heavy atom. The van der Waals surface area contributed by atoms with E-state index in [1.54, 1.807) is 18.2 Å². The second kappa shape index (κ2) is 5.09. The molecule has 0 aliphatic heterocycles. The fourth-order valence-electron chi connectivity index (χ4n) is 1.12. The maximum absolute atomic E-state index is 10.6. The molecule has 1 aromatic rings. The molecular formula is C10H13NO4. The highest BCUT2D eigenvalue weighted by Crippen LogP contribution is 2.36. The number of ether oxygens (including phenoxy) is 3. The van der Waals surface area contributed by atoms with Gasteiger partial charge in [0.15, 0.2) is 18.1 Å². The van der Waals surface area contributed by atoms with Gasteiger partial charge in [-0.05, 0) is 12.1 Å². The molecule has 1 rings (SSSR count). The molecule has 0 aliphatic carbocycles. The fourth-order valence-corrected chi connectivity index (χ4v) is 1.12. The number of carbonyl (C=O) groups is 1. The molecule has 0 aliphatic rings. The molecule has 0 fully saturated rings. The average molecular weight is 211 g/mol. The first-order chi connectivity index (χ1) is 7.19. The normalized spacial score (nSPS) is 9.47. The Hall–Kier alpha value is -1.91. The van der Waals surface area contributed by atoms with E-state index in [2.05, 4.69) is 0 Å². The van der Waals surface area contributed by atoms with Crippen molar-refractivity contribution in [3.8, 4) is 17.2 Å². The van der Waals surface area contributed by atoms with Crippen LogP contribution in [0, 0.1) is 0 Å². The molecule has 0 bridgehead atoms. The predicted molar refractivity (Wildman–Crippen MR) is 54.2 cm³/mol. The first-order valence-electron chi connectivity index (χ1n) is 4.31. The molecule has 0 spiro atoms. The molecule has 0 saturated heterocycles. The second-order valence-corrected chi connectivity index (χ2v) is 2.75. The highest BCUT2D eigenvalue weighted by atomic mass is 16.5. The maximum Gasteiger partial charge on any atom is 0.255 e. The lowest BCUT2D eigenvalue weighted by Crippen LogP contribution is -2.20. The third kappa shape index (κ3) is 2.77. The van der Waals surface area contributed by atoms with Crippen molar-refractivity contribution in [3.05, 3.63) is 18.2 Å². The van der Waals surface area contributed by atoms with Crippen molar-refractivity contribution in [1.29, 1.82) is 0 Å². The van der Waals surface area contributed by atoms with E-state index in [4.69, 9.17) is 19.9 Å². The standard InChI is InChI=1S/C10H13NO4/c1-13-7-4-3-5-8(10(7)14-2)15-6-9(11)12/h3-5H,6H2,1-2H3,(H2,11,12). The maximum atomic E-state index is 10.6. The first-order valence-corrected chi connectivity index (χ1v) is 4.31. The molecule has 1 aromatic carbocycles. The van der Waals surface area contributed by atoms with Gasteiger partial charge in [-0.1, -0.05) is 6.07 Å². The zero-order valence-corrected chi connectivity index (χ0v) is 8.65. The summed E-state index contributed by atoms with van der Waals surface area (Å²) in [6.07, 6.45) is 0. The molecule has 0 atom stereocenters. The second-order valence-electron chi connectivity index (χ2n) is 2.75. The van der Waals surface area contributed by atoms with Crippen LogP contribution in [0.3, 0.4) is 0 Å². The monoisotopic (exact) mass is 211 g/mol. The Bertz CT molecular complexity index is 351. The van der Waals surface area contributed by atoms with Gasteiger partial charge in [-0.3, -0.25) is 4.79 Å². The number of benzene rings is 1. The quantitative estimate of drug-likeness (QED) is 0.772. The molecule has 0 saturated carbocycles. The Labute approximate surface area is 87.7 Å². The van der Waals surface area contributed by atoms with Gasteiger partial charge in [0.2, 0.25) is 5.75 Å². The molecule has 0 unspecified atom stereocenters. The molecule has 5 heteroatoms. The van der Waals surface area contributed by atoms with Crippen molar-refractivity contribution in [2.45, 2.75) is 0 Å². The van der Waals surface area contributed by atoms with Crippen molar-refractivity contribution < 1.29 is 19.0 Å². The SMILES string of the molecule is COc1cccc(OCC(N)=O)c1OC. The lowest BCUT2D eigenvalue weighted by Gasteiger charge is -2.12. The van der Waals surface area contributed by atoms with E-state index in [0.717, 1.165) is 0 Å². The van der Waals surface area contributed by atoms with E-state index < -0.39 is 5.91 Å². The molecular weight excluding hydrogens is 198 g/mol. The van der Waals surface area contributed by atoms with Crippen LogP contribution < -0.4 is 19.9 Å². The third-order valence-corrected chi connectivity index (χ3v) is 1.74. The summed E-state index contributed by atoms with van der Waals surface area (Å²) in [7, 11) is 3.02. The van der Waals surface area contributed by atoms with Crippen LogP contribution in [0.15, 0.2) is 18.2 Å². The minimum atomic E-state index is -0.542. The summed E-state index contributed by atoms with van der Waals surface area (Å²) in [4.78, 5) is 10.6. The van der Waals surface area contributed by atoms with E-state index in [1.807, 2.05) is 0 Å². The van der Waals surface area contributed by atoms with Crippen molar-refractivity contribution in [1.82, 2.24) is 0 Å². The molecule has 0 heterocycles. The zero-order valence-electron chi connectivity index (χ0n) is 8.65. The van der Waals surface area contributed by atoms with Gasteiger partial charge < -0.3 is 19.9 Å². The van der Waals surface area contributed by atoms with Crippen LogP contribution in [0.1, 0.15) is 0 Å². The molecule has 0 radical (unpaired) electrons. The van der Waals surface area contributed by atoms with Crippen LogP contribution in [-0.4, -0.2) is 26.7 Å². The van der Waals surface area contributed by atoms with E-state index in [0.29, 0.717) is 17.2 Å². The van der Waals surface area contributed by atoms with Crippen LogP contribution in [-0.2, 0) is 4.79 Å². The van der Waals surface area contributed by atoms with Gasteiger partial charge in [0.25, 0.3) is 5.91 Å². The molecule has 5 nitrogen and oxygen atoms in total. The number of rotatable bonds is 5. The Morgan fingerprint density at radius 1 is 1.27 bits per heavy atom. The summed E-state index contributed by atoms with van der Waals surface area (Å²) in [5.41, 5.74) is 4.97. The fraction of sp³-hybridized carbons (Fsp3) is 0.300. The van der Waals surface area contributed by atoms with Gasteiger partial charge in [0.05, 0.1) is 14.2 Å². The van der Waals surface area contributed by atoms with Crippen LogP contribution >= 0.6 is 0 Å². The molecule has 82 valence electrons. The van der Waals surface area contributed by atoms with Crippen LogP contribution in [0.4, 0.5) is 0 Å². The molecule has 15 heavy (non-hydrogen) atoms. The minimum Gasteiger partial charge on any atom is -0.493 e. The number of primary amides is 1. The Kier molecular flexibility index (Phi) is 3.79. The summed E-state index contributed by atoms with van der Waals surface area (Å²) in [6.45, 7) is -0.191. The number of hydrogen-bond donors (Lipinski definition) is 1. The minimum absolute atomic E-state index is 0.191.